The van der Waals surface area contributed by atoms with E-state index in [2.05, 4.69) is 0 Å². The molecule has 20 heavy (non-hydrogen) atoms. The van der Waals surface area contributed by atoms with Crippen LogP contribution in [0.4, 0.5) is 8.78 Å². The van der Waals surface area contributed by atoms with E-state index in [0.717, 1.165) is 31.4 Å². The fourth-order valence-electron chi connectivity index (χ4n) is 2.62. The van der Waals surface area contributed by atoms with Gasteiger partial charge in [-0.2, -0.15) is 0 Å². The van der Waals surface area contributed by atoms with Crippen LogP contribution in [0.25, 0.3) is 5.57 Å². The second kappa shape index (κ2) is 6.64. The zero-order valence-corrected chi connectivity index (χ0v) is 11.5. The number of benzene rings is 1. The van der Waals surface area contributed by atoms with E-state index < -0.39 is 17.6 Å². The average molecular weight is 280 g/mol. The Morgan fingerprint density at radius 1 is 1.30 bits per heavy atom. The van der Waals surface area contributed by atoms with Gasteiger partial charge in [-0.05, 0) is 30.0 Å². The van der Waals surface area contributed by atoms with Gasteiger partial charge in [-0.25, -0.2) is 13.6 Å². The number of halogens is 2. The second-order valence-corrected chi connectivity index (χ2v) is 5.12. The van der Waals surface area contributed by atoms with Crippen LogP contribution in [0.1, 0.15) is 37.7 Å². The molecule has 1 saturated carbocycles. The summed E-state index contributed by atoms with van der Waals surface area (Å²) >= 11 is 0. The van der Waals surface area contributed by atoms with Crippen LogP contribution in [-0.2, 0) is 9.53 Å². The van der Waals surface area contributed by atoms with E-state index in [1.54, 1.807) is 6.08 Å². The molecule has 108 valence electrons. The molecular formula is C16H18F2O2. The molecule has 1 aliphatic carbocycles. The lowest BCUT2D eigenvalue weighted by atomic mass is 9.98. The average Bonchev–Trinajstić information content (AvgIpc) is 2.95. The Balaban J connectivity index is 2.23. The fraction of sp³-hybridized carbons (Fsp3) is 0.438. The van der Waals surface area contributed by atoms with Crippen molar-refractivity contribution >= 4 is 11.5 Å². The summed E-state index contributed by atoms with van der Waals surface area (Å²) in [5.41, 5.74) is 0.659. The van der Waals surface area contributed by atoms with E-state index in [1.807, 2.05) is 0 Å². The molecule has 1 aliphatic rings. The Kier molecular flexibility index (Phi) is 4.88. The van der Waals surface area contributed by atoms with Crippen molar-refractivity contribution in [3.63, 3.8) is 0 Å². The zero-order valence-electron chi connectivity index (χ0n) is 11.5. The number of rotatable bonds is 4. The highest BCUT2D eigenvalue weighted by molar-refractivity contribution is 6.16. The van der Waals surface area contributed by atoms with Crippen molar-refractivity contribution in [2.75, 3.05) is 7.11 Å². The molecule has 0 spiro atoms. The Morgan fingerprint density at radius 2 is 2.00 bits per heavy atom. The van der Waals surface area contributed by atoms with Crippen LogP contribution in [0.15, 0.2) is 24.3 Å². The Morgan fingerprint density at radius 3 is 2.60 bits per heavy atom. The summed E-state index contributed by atoms with van der Waals surface area (Å²) in [7, 11) is 1.28. The third-order valence-corrected chi connectivity index (χ3v) is 3.77. The predicted molar refractivity (Wildman–Crippen MR) is 72.9 cm³/mol. The van der Waals surface area contributed by atoms with Crippen molar-refractivity contribution in [2.24, 2.45) is 5.92 Å². The van der Waals surface area contributed by atoms with Gasteiger partial charge in [-0.3, -0.25) is 0 Å². The van der Waals surface area contributed by atoms with Gasteiger partial charge in [0.2, 0.25) is 0 Å². The molecule has 2 nitrogen and oxygen atoms in total. The monoisotopic (exact) mass is 280 g/mol. The van der Waals surface area contributed by atoms with Crippen molar-refractivity contribution in [3.8, 4) is 0 Å². The van der Waals surface area contributed by atoms with Gasteiger partial charge in [0.25, 0.3) is 0 Å². The summed E-state index contributed by atoms with van der Waals surface area (Å²) in [5, 5.41) is 0. The number of esters is 1. The Labute approximate surface area is 117 Å². The summed E-state index contributed by atoms with van der Waals surface area (Å²) < 4.78 is 31.0. The van der Waals surface area contributed by atoms with E-state index in [-0.39, 0.29) is 0 Å². The molecule has 1 aromatic carbocycles. The lowest BCUT2D eigenvalue weighted by Crippen LogP contribution is -2.05. The van der Waals surface area contributed by atoms with Gasteiger partial charge < -0.3 is 4.74 Å². The molecule has 2 rings (SSSR count). The fourth-order valence-corrected chi connectivity index (χ4v) is 2.62. The number of methoxy groups -OCH3 is 1. The molecule has 0 aromatic heterocycles. The van der Waals surface area contributed by atoms with Crippen molar-refractivity contribution in [3.05, 3.63) is 41.5 Å². The summed E-state index contributed by atoms with van der Waals surface area (Å²) in [6.07, 6.45) is 7.30. The summed E-state index contributed by atoms with van der Waals surface area (Å²) in [6, 6.07) is 3.46. The molecule has 0 saturated heterocycles. The largest absolute Gasteiger partial charge is 0.465 e. The topological polar surface area (TPSA) is 26.3 Å². The van der Waals surface area contributed by atoms with Crippen LogP contribution in [0.3, 0.4) is 0 Å². The second-order valence-electron chi connectivity index (χ2n) is 5.12. The van der Waals surface area contributed by atoms with Crippen LogP contribution >= 0.6 is 0 Å². The van der Waals surface area contributed by atoms with Gasteiger partial charge in [-0.15, -0.1) is 0 Å². The van der Waals surface area contributed by atoms with Crippen LogP contribution < -0.4 is 0 Å². The maximum Gasteiger partial charge on any atom is 0.338 e. The van der Waals surface area contributed by atoms with E-state index in [9.17, 15) is 13.6 Å². The van der Waals surface area contributed by atoms with E-state index in [0.29, 0.717) is 17.1 Å². The number of ether oxygens (including phenoxy) is 1. The maximum atomic E-state index is 13.3. The van der Waals surface area contributed by atoms with Gasteiger partial charge in [0.1, 0.15) is 0 Å². The molecule has 0 amide bonds. The normalized spacial score (nSPS) is 16.4. The highest BCUT2D eigenvalue weighted by Gasteiger charge is 2.18. The minimum absolute atomic E-state index is 0.304. The third-order valence-electron chi connectivity index (χ3n) is 3.77. The van der Waals surface area contributed by atoms with Gasteiger partial charge in [-0.1, -0.05) is 37.8 Å². The first kappa shape index (κ1) is 14.7. The van der Waals surface area contributed by atoms with Crippen LogP contribution in [0.2, 0.25) is 0 Å². The zero-order chi connectivity index (χ0) is 14.5. The van der Waals surface area contributed by atoms with Gasteiger partial charge in [0.15, 0.2) is 11.6 Å². The number of carbonyl (C=O) groups excluding carboxylic acids is 1. The molecule has 0 heterocycles. The first-order valence-electron chi connectivity index (χ1n) is 6.85. The van der Waals surface area contributed by atoms with E-state index in [4.69, 9.17) is 4.74 Å². The Bertz CT molecular complexity index is 517. The number of hydrogen-bond acceptors (Lipinski definition) is 2. The predicted octanol–water partition coefficient (Wildman–Crippen LogP) is 4.10. The maximum absolute atomic E-state index is 13.3. The van der Waals surface area contributed by atoms with Crippen LogP contribution in [-0.4, -0.2) is 13.1 Å². The molecule has 1 fully saturated rings. The molecule has 0 N–H and O–H groups in total. The lowest BCUT2D eigenvalue weighted by Gasteiger charge is -2.09. The van der Waals surface area contributed by atoms with Crippen molar-refractivity contribution < 1.29 is 18.3 Å². The van der Waals surface area contributed by atoms with Crippen molar-refractivity contribution in [2.45, 2.75) is 32.1 Å². The molecule has 4 heteroatoms. The molecule has 0 radical (unpaired) electrons. The third kappa shape index (κ3) is 3.44. The minimum atomic E-state index is -0.960. The first-order chi connectivity index (χ1) is 9.61. The molecule has 0 atom stereocenters. The summed E-state index contributed by atoms with van der Waals surface area (Å²) in [6.45, 7) is 0. The lowest BCUT2D eigenvalue weighted by molar-refractivity contribution is -0.133. The molecule has 0 aliphatic heterocycles. The molecule has 1 aromatic rings. The smallest absolute Gasteiger partial charge is 0.338 e. The number of hydrogen-bond donors (Lipinski definition) is 0. The molecule has 0 bridgehead atoms. The van der Waals surface area contributed by atoms with E-state index in [1.165, 1.54) is 26.0 Å². The number of allylic oxidation sites excluding steroid dienone is 1. The summed E-state index contributed by atoms with van der Waals surface area (Å²) in [4.78, 5) is 11.8. The molecule has 0 unspecified atom stereocenters. The van der Waals surface area contributed by atoms with E-state index >= 15 is 0 Å². The number of carbonyl (C=O) groups is 1. The highest BCUT2D eigenvalue weighted by Crippen LogP contribution is 2.29. The minimum Gasteiger partial charge on any atom is -0.465 e. The molecular weight excluding hydrogens is 262 g/mol. The van der Waals surface area contributed by atoms with Crippen LogP contribution in [0.5, 0.6) is 0 Å². The standard InChI is InChI=1S/C16H18F2O2/c1-20-16(19)13(8-6-11-4-2-3-5-11)12-7-9-14(17)15(18)10-12/h7-11H,2-6H2,1H3/b13-8+. The summed E-state index contributed by atoms with van der Waals surface area (Å²) in [5.74, 6) is -1.83. The van der Waals surface area contributed by atoms with Gasteiger partial charge in [0.05, 0.1) is 12.7 Å². The first-order valence-corrected chi connectivity index (χ1v) is 6.85. The highest BCUT2D eigenvalue weighted by atomic mass is 19.2. The Hall–Kier alpha value is -1.71. The van der Waals surface area contributed by atoms with Gasteiger partial charge in [0, 0.05) is 0 Å². The SMILES string of the molecule is COC(=O)/C(=C/CC1CCCC1)c1ccc(F)c(F)c1. The van der Waals surface area contributed by atoms with Crippen LogP contribution in [0, 0.1) is 17.6 Å². The quantitative estimate of drug-likeness (QED) is 0.613. The van der Waals surface area contributed by atoms with Crippen molar-refractivity contribution in [1.29, 1.82) is 0 Å². The van der Waals surface area contributed by atoms with Gasteiger partial charge >= 0.3 is 5.97 Å². The van der Waals surface area contributed by atoms with Crippen molar-refractivity contribution in [1.82, 2.24) is 0 Å².